The molecule has 1 aromatic carbocycles. The fourth-order valence-corrected chi connectivity index (χ4v) is 5.56. The molecule has 1 aliphatic carbocycles. The third kappa shape index (κ3) is 5.80. The SMILES string of the molecule is CO[C@@H](C(=O)CC1CSc2ccccc2N(C)C1=O)[C@H](O)[C@@H](O)[C@H](O)/C=C/C1CCCC1. The third-order valence-corrected chi connectivity index (χ3v) is 7.58. The number of para-hydroxylation sites is 1. The number of aliphatic hydroxyl groups excluding tert-OH is 3. The van der Waals surface area contributed by atoms with Crippen molar-refractivity contribution < 1.29 is 29.6 Å². The first kappa shape index (κ1) is 24.9. The molecule has 1 aromatic rings. The van der Waals surface area contributed by atoms with Gasteiger partial charge in [0.1, 0.15) is 24.4 Å². The fourth-order valence-electron chi connectivity index (χ4n) is 4.39. The van der Waals surface area contributed by atoms with Crippen LogP contribution in [-0.2, 0) is 14.3 Å². The molecule has 0 radical (unpaired) electrons. The first-order valence-electron chi connectivity index (χ1n) is 11.1. The van der Waals surface area contributed by atoms with Crippen molar-refractivity contribution in [1.82, 2.24) is 0 Å². The molecule has 5 atom stereocenters. The fraction of sp³-hybridized carbons (Fsp3) is 0.583. The number of ketones is 1. The first-order chi connectivity index (χ1) is 15.3. The molecule has 0 spiro atoms. The van der Waals surface area contributed by atoms with Crippen LogP contribution in [0, 0.1) is 11.8 Å². The average Bonchev–Trinajstić information content (AvgIpc) is 3.29. The summed E-state index contributed by atoms with van der Waals surface area (Å²) in [5, 5.41) is 31.3. The maximum Gasteiger partial charge on any atom is 0.231 e. The molecule has 1 amide bonds. The zero-order chi connectivity index (χ0) is 23.3. The molecule has 1 heterocycles. The summed E-state index contributed by atoms with van der Waals surface area (Å²) >= 11 is 1.51. The lowest BCUT2D eigenvalue weighted by Crippen LogP contribution is -2.49. The molecular formula is C24H33NO6S. The van der Waals surface area contributed by atoms with Crippen molar-refractivity contribution in [2.24, 2.45) is 11.8 Å². The summed E-state index contributed by atoms with van der Waals surface area (Å²) in [6.45, 7) is 0. The molecule has 0 bridgehead atoms. The Bertz CT molecular complexity index is 824. The lowest BCUT2D eigenvalue weighted by molar-refractivity contribution is -0.148. The number of ether oxygens (including phenoxy) is 1. The number of anilines is 1. The largest absolute Gasteiger partial charge is 0.387 e. The van der Waals surface area contributed by atoms with E-state index >= 15 is 0 Å². The van der Waals surface area contributed by atoms with Crippen LogP contribution in [0.3, 0.4) is 0 Å². The molecule has 1 fully saturated rings. The Balaban J connectivity index is 1.62. The lowest BCUT2D eigenvalue weighted by atomic mass is 9.93. The van der Waals surface area contributed by atoms with Crippen molar-refractivity contribution in [2.45, 2.75) is 61.4 Å². The van der Waals surface area contributed by atoms with Crippen LogP contribution in [0.5, 0.6) is 0 Å². The Morgan fingerprint density at radius 1 is 1.22 bits per heavy atom. The number of carbonyl (C=O) groups is 2. The van der Waals surface area contributed by atoms with Crippen LogP contribution in [0.25, 0.3) is 0 Å². The number of amides is 1. The van der Waals surface area contributed by atoms with E-state index < -0.39 is 36.1 Å². The van der Waals surface area contributed by atoms with Gasteiger partial charge in [-0.25, -0.2) is 0 Å². The minimum atomic E-state index is -1.61. The molecule has 3 N–H and O–H groups in total. The normalized spacial score (nSPS) is 23.6. The molecule has 1 saturated carbocycles. The molecule has 1 unspecified atom stereocenters. The van der Waals surface area contributed by atoms with Crippen LogP contribution in [-0.4, -0.2) is 71.3 Å². The highest BCUT2D eigenvalue weighted by atomic mass is 32.2. The second kappa shape index (κ2) is 11.4. The second-order valence-electron chi connectivity index (χ2n) is 8.60. The van der Waals surface area contributed by atoms with E-state index in [0.29, 0.717) is 11.7 Å². The van der Waals surface area contributed by atoms with E-state index in [0.717, 1.165) is 36.3 Å². The van der Waals surface area contributed by atoms with Crippen molar-refractivity contribution in [2.75, 3.05) is 24.8 Å². The molecule has 2 aliphatic rings. The van der Waals surface area contributed by atoms with E-state index in [4.69, 9.17) is 4.74 Å². The standard InChI is InChI=1S/C24H33NO6S/c1-25-17-9-5-6-10-20(17)32-14-16(24(25)30)13-19(27)23(31-2)22(29)21(28)18(26)12-11-15-7-3-4-8-15/h5-6,9-12,15-16,18,21-23,26,28-29H,3-4,7-8,13-14H2,1-2H3/b12-11+/t16?,18-,21+,22-,23+/m1/s1. The van der Waals surface area contributed by atoms with Crippen LogP contribution in [0.4, 0.5) is 5.69 Å². The zero-order valence-corrected chi connectivity index (χ0v) is 19.4. The van der Waals surface area contributed by atoms with E-state index in [9.17, 15) is 24.9 Å². The highest BCUT2D eigenvalue weighted by molar-refractivity contribution is 7.99. The Hall–Kier alpha value is -1.71. The van der Waals surface area contributed by atoms with Crippen molar-refractivity contribution in [3.63, 3.8) is 0 Å². The number of hydrogen-bond donors (Lipinski definition) is 3. The van der Waals surface area contributed by atoms with Gasteiger partial charge in [-0.05, 0) is 30.9 Å². The summed E-state index contributed by atoms with van der Waals surface area (Å²) in [7, 11) is 2.95. The van der Waals surface area contributed by atoms with Gasteiger partial charge in [-0.2, -0.15) is 0 Å². The van der Waals surface area contributed by atoms with Gasteiger partial charge in [0.2, 0.25) is 5.91 Å². The third-order valence-electron chi connectivity index (χ3n) is 6.36. The molecule has 1 aliphatic heterocycles. The maximum atomic E-state index is 12.9. The van der Waals surface area contributed by atoms with Gasteiger partial charge in [0.25, 0.3) is 0 Å². The van der Waals surface area contributed by atoms with Crippen LogP contribution >= 0.6 is 11.8 Å². The first-order valence-corrected chi connectivity index (χ1v) is 12.1. The predicted octanol–water partition coefficient (Wildman–Crippen LogP) is 2.17. The molecule has 176 valence electrons. The number of aliphatic hydroxyl groups is 3. The highest BCUT2D eigenvalue weighted by Gasteiger charge is 2.38. The zero-order valence-electron chi connectivity index (χ0n) is 18.6. The molecule has 32 heavy (non-hydrogen) atoms. The number of carbonyl (C=O) groups excluding carboxylic acids is 2. The maximum absolute atomic E-state index is 12.9. The number of nitrogens with zero attached hydrogens (tertiary/aromatic N) is 1. The van der Waals surface area contributed by atoms with Crippen molar-refractivity contribution in [3.8, 4) is 0 Å². The van der Waals surface area contributed by atoms with Gasteiger partial charge in [0.05, 0.1) is 11.6 Å². The van der Waals surface area contributed by atoms with Gasteiger partial charge in [-0.3, -0.25) is 9.59 Å². The quantitative estimate of drug-likeness (QED) is 0.482. The summed E-state index contributed by atoms with van der Waals surface area (Å²) in [6.07, 6.45) is 1.78. The molecule has 7 nitrogen and oxygen atoms in total. The van der Waals surface area contributed by atoms with Gasteiger partial charge in [-0.1, -0.05) is 37.1 Å². The van der Waals surface area contributed by atoms with E-state index in [1.165, 1.54) is 24.9 Å². The van der Waals surface area contributed by atoms with E-state index in [1.54, 1.807) is 11.9 Å². The number of allylic oxidation sites excluding steroid dienone is 1. The number of thioether (sulfide) groups is 1. The van der Waals surface area contributed by atoms with Crippen molar-refractivity contribution in [1.29, 1.82) is 0 Å². The highest BCUT2D eigenvalue weighted by Crippen LogP contribution is 2.36. The van der Waals surface area contributed by atoms with E-state index in [-0.39, 0.29) is 12.3 Å². The number of rotatable bonds is 9. The number of hydrogen-bond acceptors (Lipinski definition) is 7. The lowest BCUT2D eigenvalue weighted by Gasteiger charge is -2.28. The Morgan fingerprint density at radius 3 is 2.59 bits per heavy atom. The Kier molecular flexibility index (Phi) is 8.90. The Labute approximate surface area is 193 Å². The monoisotopic (exact) mass is 463 g/mol. The van der Waals surface area contributed by atoms with Crippen molar-refractivity contribution in [3.05, 3.63) is 36.4 Å². The van der Waals surface area contributed by atoms with Crippen LogP contribution in [0.15, 0.2) is 41.3 Å². The summed E-state index contributed by atoms with van der Waals surface area (Å²) in [6, 6.07) is 7.57. The van der Waals surface area contributed by atoms with Crippen LogP contribution in [0.1, 0.15) is 32.1 Å². The average molecular weight is 464 g/mol. The second-order valence-corrected chi connectivity index (χ2v) is 9.66. The van der Waals surface area contributed by atoms with E-state index in [1.807, 2.05) is 30.3 Å². The Morgan fingerprint density at radius 2 is 1.91 bits per heavy atom. The molecule has 0 saturated heterocycles. The predicted molar refractivity (Wildman–Crippen MR) is 124 cm³/mol. The topological polar surface area (TPSA) is 107 Å². The van der Waals surface area contributed by atoms with Gasteiger partial charge < -0.3 is 25.0 Å². The van der Waals surface area contributed by atoms with Crippen LogP contribution < -0.4 is 4.90 Å². The number of Topliss-reactive ketones (excluding diaryl/α,β-unsaturated/α-hetero) is 1. The number of benzene rings is 1. The van der Waals surface area contributed by atoms with Gasteiger partial charge in [-0.15, -0.1) is 11.8 Å². The summed E-state index contributed by atoms with van der Waals surface area (Å²) < 4.78 is 5.19. The minimum Gasteiger partial charge on any atom is -0.387 e. The van der Waals surface area contributed by atoms with Crippen LogP contribution in [0.2, 0.25) is 0 Å². The summed E-state index contributed by atoms with van der Waals surface area (Å²) in [5.74, 6) is -0.453. The summed E-state index contributed by atoms with van der Waals surface area (Å²) in [4.78, 5) is 28.4. The molecular weight excluding hydrogens is 430 g/mol. The van der Waals surface area contributed by atoms with Gasteiger partial charge in [0, 0.05) is 31.2 Å². The minimum absolute atomic E-state index is 0.125. The molecule has 8 heteroatoms. The van der Waals surface area contributed by atoms with Gasteiger partial charge >= 0.3 is 0 Å². The number of fused-ring (bicyclic) bond motifs is 1. The van der Waals surface area contributed by atoms with E-state index in [2.05, 4.69) is 0 Å². The van der Waals surface area contributed by atoms with Crippen molar-refractivity contribution >= 4 is 29.1 Å². The number of methoxy groups -OCH3 is 1. The smallest absolute Gasteiger partial charge is 0.231 e. The molecule has 3 rings (SSSR count). The summed E-state index contributed by atoms with van der Waals surface area (Å²) in [5.41, 5.74) is 0.799. The molecule has 0 aromatic heterocycles. The van der Waals surface area contributed by atoms with Gasteiger partial charge in [0.15, 0.2) is 5.78 Å².